The Morgan fingerprint density at radius 3 is 2.56 bits per heavy atom. The highest BCUT2D eigenvalue weighted by Gasteiger charge is 2.28. The van der Waals surface area contributed by atoms with E-state index < -0.39 is 6.10 Å². The molecule has 1 saturated heterocycles. The zero-order chi connectivity index (χ0) is 19.2. The molecule has 0 bridgehead atoms. The Morgan fingerprint density at radius 1 is 1.19 bits per heavy atom. The molecule has 1 atom stereocenters. The number of rotatable bonds is 7. The molecule has 0 aliphatic carbocycles. The van der Waals surface area contributed by atoms with E-state index in [-0.39, 0.29) is 11.8 Å². The first-order chi connectivity index (χ1) is 13.1. The van der Waals surface area contributed by atoms with Gasteiger partial charge in [-0.1, -0.05) is 42.5 Å². The zero-order valence-corrected chi connectivity index (χ0v) is 16.9. The van der Waals surface area contributed by atoms with Crippen molar-refractivity contribution in [2.45, 2.75) is 18.9 Å². The third-order valence-corrected chi connectivity index (χ3v) is 5.32. The van der Waals surface area contributed by atoms with Gasteiger partial charge in [0, 0.05) is 38.7 Å². The van der Waals surface area contributed by atoms with Crippen LogP contribution in [0.15, 0.2) is 59.1 Å². The lowest BCUT2D eigenvalue weighted by molar-refractivity contribution is -0.138. The first-order valence-electron chi connectivity index (χ1n) is 9.05. The summed E-state index contributed by atoms with van der Waals surface area (Å²) in [5.74, 6) is 0.645. The molecule has 1 aliphatic rings. The molecular weight excluding hydrogens is 408 g/mol. The van der Waals surface area contributed by atoms with E-state index in [0.29, 0.717) is 25.3 Å². The van der Waals surface area contributed by atoms with Crippen molar-refractivity contribution < 1.29 is 14.3 Å². The van der Waals surface area contributed by atoms with Gasteiger partial charge in [0.1, 0.15) is 5.75 Å². The van der Waals surface area contributed by atoms with E-state index in [9.17, 15) is 9.59 Å². The lowest BCUT2D eigenvalue weighted by atomic mass is 10.1. The molecule has 2 aromatic rings. The van der Waals surface area contributed by atoms with Gasteiger partial charge in [0.2, 0.25) is 12.0 Å². The largest absolute Gasteiger partial charge is 0.475 e. The SMILES string of the molecule is CN(CCN1CCCC1=O)C(=O)C(Oc1ccccc1Br)c1ccccc1. The maximum Gasteiger partial charge on any atom is 0.268 e. The highest BCUT2D eigenvalue weighted by molar-refractivity contribution is 9.10. The molecule has 1 heterocycles. The second-order valence-corrected chi connectivity index (χ2v) is 7.44. The highest BCUT2D eigenvalue weighted by Crippen LogP contribution is 2.30. The van der Waals surface area contributed by atoms with Gasteiger partial charge >= 0.3 is 0 Å². The van der Waals surface area contributed by atoms with Crippen molar-refractivity contribution in [3.63, 3.8) is 0 Å². The Kier molecular flexibility index (Phi) is 6.50. The summed E-state index contributed by atoms with van der Waals surface area (Å²) in [5.41, 5.74) is 0.794. The molecule has 5 nitrogen and oxygen atoms in total. The summed E-state index contributed by atoms with van der Waals surface area (Å²) >= 11 is 3.47. The van der Waals surface area contributed by atoms with Gasteiger partial charge < -0.3 is 14.5 Å². The molecule has 2 aromatic carbocycles. The first-order valence-corrected chi connectivity index (χ1v) is 9.84. The number of amides is 2. The molecule has 0 spiro atoms. The molecule has 1 aliphatic heterocycles. The van der Waals surface area contributed by atoms with Crippen LogP contribution >= 0.6 is 15.9 Å². The number of benzene rings is 2. The van der Waals surface area contributed by atoms with Crippen LogP contribution in [0.2, 0.25) is 0 Å². The lowest BCUT2D eigenvalue weighted by Crippen LogP contribution is -2.40. The number of para-hydroxylation sites is 1. The number of hydrogen-bond donors (Lipinski definition) is 0. The standard InChI is InChI=1S/C21H23BrN2O3/c1-23(14-15-24-13-7-12-19(24)25)21(26)20(16-8-3-2-4-9-16)27-18-11-6-5-10-17(18)22/h2-6,8-11,20H,7,12-15H2,1H3. The molecule has 0 saturated carbocycles. The number of likely N-dealkylation sites (tertiary alicyclic amines) is 1. The van der Waals surface area contributed by atoms with Gasteiger partial charge in [-0.2, -0.15) is 0 Å². The molecule has 2 amide bonds. The van der Waals surface area contributed by atoms with Crippen LogP contribution in [0.4, 0.5) is 0 Å². The van der Waals surface area contributed by atoms with E-state index in [1.54, 1.807) is 11.9 Å². The number of carbonyl (C=O) groups is 2. The molecule has 0 N–H and O–H groups in total. The monoisotopic (exact) mass is 430 g/mol. The van der Waals surface area contributed by atoms with E-state index in [1.165, 1.54) is 0 Å². The van der Waals surface area contributed by atoms with E-state index in [4.69, 9.17) is 4.74 Å². The quantitative estimate of drug-likeness (QED) is 0.673. The number of carbonyl (C=O) groups excluding carboxylic acids is 2. The van der Waals surface area contributed by atoms with Crippen LogP contribution in [0.3, 0.4) is 0 Å². The molecule has 142 valence electrons. The Balaban J connectivity index is 1.74. The molecule has 1 fully saturated rings. The summed E-state index contributed by atoms with van der Waals surface area (Å²) in [6.45, 7) is 1.81. The predicted molar refractivity (Wildman–Crippen MR) is 107 cm³/mol. The summed E-state index contributed by atoms with van der Waals surface area (Å²) in [4.78, 5) is 28.4. The third-order valence-electron chi connectivity index (χ3n) is 4.66. The van der Waals surface area contributed by atoms with Crippen molar-refractivity contribution >= 4 is 27.7 Å². The first kappa shape index (κ1) is 19.4. The fraction of sp³-hybridized carbons (Fsp3) is 0.333. The van der Waals surface area contributed by atoms with Crippen LogP contribution in [-0.2, 0) is 9.59 Å². The maximum absolute atomic E-state index is 13.1. The van der Waals surface area contributed by atoms with Crippen molar-refractivity contribution in [3.05, 3.63) is 64.6 Å². The molecule has 0 aromatic heterocycles. The van der Waals surface area contributed by atoms with E-state index in [2.05, 4.69) is 15.9 Å². The second-order valence-electron chi connectivity index (χ2n) is 6.58. The average molecular weight is 431 g/mol. The summed E-state index contributed by atoms with van der Waals surface area (Å²) in [6, 6.07) is 16.9. The van der Waals surface area contributed by atoms with Crippen molar-refractivity contribution in [3.8, 4) is 5.75 Å². The van der Waals surface area contributed by atoms with Crippen LogP contribution in [0.1, 0.15) is 24.5 Å². The Morgan fingerprint density at radius 2 is 1.89 bits per heavy atom. The zero-order valence-electron chi connectivity index (χ0n) is 15.3. The normalized spacial score (nSPS) is 14.9. The number of likely N-dealkylation sites (N-methyl/N-ethyl adjacent to an activating group) is 1. The molecule has 27 heavy (non-hydrogen) atoms. The highest BCUT2D eigenvalue weighted by atomic mass is 79.9. The van der Waals surface area contributed by atoms with Gasteiger partial charge in [-0.15, -0.1) is 0 Å². The van der Waals surface area contributed by atoms with Gasteiger partial charge in [0.15, 0.2) is 0 Å². The number of halogens is 1. The van der Waals surface area contributed by atoms with Crippen LogP contribution in [-0.4, -0.2) is 48.3 Å². The second kappa shape index (κ2) is 9.04. The molecular formula is C21H23BrN2O3. The minimum absolute atomic E-state index is 0.136. The average Bonchev–Trinajstić information content (AvgIpc) is 3.10. The number of ether oxygens (including phenoxy) is 1. The number of hydrogen-bond acceptors (Lipinski definition) is 3. The van der Waals surface area contributed by atoms with Crippen molar-refractivity contribution in [1.82, 2.24) is 9.80 Å². The third kappa shape index (κ3) is 4.89. The van der Waals surface area contributed by atoms with Crippen molar-refractivity contribution in [2.75, 3.05) is 26.7 Å². The molecule has 3 rings (SSSR count). The Bertz CT molecular complexity index is 797. The summed E-state index contributed by atoms with van der Waals surface area (Å²) in [6.07, 6.45) is 0.758. The van der Waals surface area contributed by atoms with Gasteiger partial charge in [0.25, 0.3) is 5.91 Å². The fourth-order valence-corrected chi connectivity index (χ4v) is 3.46. The summed E-state index contributed by atoms with van der Waals surface area (Å²) in [7, 11) is 1.75. The predicted octanol–water partition coefficient (Wildman–Crippen LogP) is 3.65. The van der Waals surface area contributed by atoms with Crippen molar-refractivity contribution in [1.29, 1.82) is 0 Å². The van der Waals surface area contributed by atoms with Crippen LogP contribution in [0, 0.1) is 0 Å². The van der Waals surface area contributed by atoms with E-state index in [0.717, 1.165) is 23.0 Å². The van der Waals surface area contributed by atoms with Gasteiger partial charge in [-0.3, -0.25) is 9.59 Å². The van der Waals surface area contributed by atoms with E-state index >= 15 is 0 Å². The fourth-order valence-electron chi connectivity index (χ4n) is 3.08. The lowest BCUT2D eigenvalue weighted by Gasteiger charge is -2.27. The molecule has 0 radical (unpaired) electrons. The van der Waals surface area contributed by atoms with E-state index in [1.807, 2.05) is 59.5 Å². The summed E-state index contributed by atoms with van der Waals surface area (Å²) < 4.78 is 6.88. The van der Waals surface area contributed by atoms with Crippen LogP contribution < -0.4 is 4.74 Å². The van der Waals surface area contributed by atoms with Crippen molar-refractivity contribution in [2.24, 2.45) is 0 Å². The molecule has 6 heteroatoms. The smallest absolute Gasteiger partial charge is 0.268 e. The minimum atomic E-state index is -0.746. The summed E-state index contributed by atoms with van der Waals surface area (Å²) in [5, 5.41) is 0. The van der Waals surface area contributed by atoms with Gasteiger partial charge in [0.05, 0.1) is 4.47 Å². The van der Waals surface area contributed by atoms with Gasteiger partial charge in [-0.05, 0) is 34.5 Å². The Labute approximate surface area is 168 Å². The minimum Gasteiger partial charge on any atom is -0.475 e. The van der Waals surface area contributed by atoms with Crippen LogP contribution in [0.25, 0.3) is 0 Å². The van der Waals surface area contributed by atoms with Crippen LogP contribution in [0.5, 0.6) is 5.75 Å². The Hall–Kier alpha value is -2.34. The molecule has 1 unspecified atom stereocenters. The number of nitrogens with zero attached hydrogens (tertiary/aromatic N) is 2. The maximum atomic E-state index is 13.1. The van der Waals surface area contributed by atoms with Gasteiger partial charge in [-0.25, -0.2) is 0 Å². The topological polar surface area (TPSA) is 49.9 Å².